The van der Waals surface area contributed by atoms with Gasteiger partial charge in [-0.2, -0.15) is 0 Å². The molecule has 0 radical (unpaired) electrons. The number of amides is 1. The van der Waals surface area contributed by atoms with Gasteiger partial charge in [-0.15, -0.1) is 24.0 Å². The second kappa shape index (κ2) is 10.4. The number of nitrogens with zero attached hydrogens (tertiary/aromatic N) is 3. The molecule has 0 bridgehead atoms. The van der Waals surface area contributed by atoms with E-state index in [-0.39, 0.29) is 42.5 Å². The monoisotopic (exact) mass is 445 g/mol. The van der Waals surface area contributed by atoms with Crippen LogP contribution in [0.15, 0.2) is 35.3 Å². The molecule has 0 spiro atoms. The molecule has 1 aromatic rings. The number of rotatable bonds is 4. The smallest absolute Gasteiger partial charge is 0.242 e. The van der Waals surface area contributed by atoms with Crippen molar-refractivity contribution in [2.75, 3.05) is 44.7 Å². The van der Waals surface area contributed by atoms with E-state index in [4.69, 9.17) is 0 Å². The van der Waals surface area contributed by atoms with Crippen LogP contribution in [0.1, 0.15) is 13.8 Å². The minimum Gasteiger partial charge on any atom is -0.368 e. The maximum Gasteiger partial charge on any atom is 0.242 e. The molecular formula is C17H28IN5O. The molecule has 1 amide bonds. The zero-order valence-electron chi connectivity index (χ0n) is 14.7. The summed E-state index contributed by atoms with van der Waals surface area (Å²) in [6.45, 7) is 7.60. The molecule has 1 aromatic carbocycles. The van der Waals surface area contributed by atoms with Crippen LogP contribution in [0.2, 0.25) is 0 Å². The summed E-state index contributed by atoms with van der Waals surface area (Å²) in [5.41, 5.74) is 1.22. The SMILES string of the molecule is CN=C(NCC(=O)N1CCN(c2ccccc2)CC1)NC(C)C.I. The molecule has 0 unspecified atom stereocenters. The molecule has 2 rings (SSSR count). The molecule has 0 aliphatic carbocycles. The Morgan fingerprint density at radius 3 is 2.33 bits per heavy atom. The molecule has 1 aliphatic rings. The van der Waals surface area contributed by atoms with Gasteiger partial charge < -0.3 is 20.4 Å². The molecule has 7 heteroatoms. The standard InChI is InChI=1S/C17H27N5O.HI/c1-14(2)20-17(18-3)19-13-16(23)22-11-9-21(10-12-22)15-7-5-4-6-8-15;/h4-8,14H,9-13H2,1-3H3,(H2,18,19,20);1H. The minimum atomic E-state index is 0. The number of benzene rings is 1. The van der Waals surface area contributed by atoms with E-state index in [1.165, 1.54) is 5.69 Å². The van der Waals surface area contributed by atoms with E-state index in [1.807, 2.05) is 36.9 Å². The Morgan fingerprint density at radius 1 is 1.17 bits per heavy atom. The van der Waals surface area contributed by atoms with Gasteiger partial charge in [-0.3, -0.25) is 9.79 Å². The van der Waals surface area contributed by atoms with E-state index in [0.717, 1.165) is 26.2 Å². The van der Waals surface area contributed by atoms with Crippen molar-refractivity contribution in [3.05, 3.63) is 30.3 Å². The average molecular weight is 445 g/mol. The van der Waals surface area contributed by atoms with Crippen molar-refractivity contribution in [2.45, 2.75) is 19.9 Å². The maximum absolute atomic E-state index is 12.3. The van der Waals surface area contributed by atoms with Crippen LogP contribution in [-0.4, -0.2) is 62.6 Å². The van der Waals surface area contributed by atoms with E-state index in [9.17, 15) is 4.79 Å². The Balaban J connectivity index is 0.00000288. The number of hydrogen-bond acceptors (Lipinski definition) is 3. The molecular weight excluding hydrogens is 417 g/mol. The molecule has 1 heterocycles. The molecule has 0 aromatic heterocycles. The number of carbonyl (C=O) groups is 1. The second-order valence-corrected chi connectivity index (χ2v) is 5.93. The number of guanidine groups is 1. The maximum atomic E-state index is 12.3. The molecule has 24 heavy (non-hydrogen) atoms. The van der Waals surface area contributed by atoms with Gasteiger partial charge in [0, 0.05) is 45.0 Å². The predicted molar refractivity (Wildman–Crippen MR) is 110 cm³/mol. The summed E-state index contributed by atoms with van der Waals surface area (Å²) in [5.74, 6) is 0.778. The van der Waals surface area contributed by atoms with Crippen LogP contribution in [0, 0.1) is 0 Å². The fourth-order valence-electron chi connectivity index (χ4n) is 2.59. The zero-order chi connectivity index (χ0) is 16.7. The van der Waals surface area contributed by atoms with Crippen LogP contribution in [0.4, 0.5) is 5.69 Å². The number of piperazine rings is 1. The third kappa shape index (κ3) is 6.18. The van der Waals surface area contributed by atoms with Gasteiger partial charge in [0.1, 0.15) is 0 Å². The first kappa shape index (κ1) is 20.5. The number of anilines is 1. The van der Waals surface area contributed by atoms with Gasteiger partial charge >= 0.3 is 0 Å². The van der Waals surface area contributed by atoms with Crippen LogP contribution >= 0.6 is 24.0 Å². The highest BCUT2D eigenvalue weighted by Crippen LogP contribution is 2.15. The number of nitrogens with one attached hydrogen (secondary N) is 2. The number of halogens is 1. The minimum absolute atomic E-state index is 0. The Labute approximate surface area is 161 Å². The number of hydrogen-bond donors (Lipinski definition) is 2. The summed E-state index contributed by atoms with van der Waals surface area (Å²) in [6, 6.07) is 10.6. The van der Waals surface area contributed by atoms with E-state index in [1.54, 1.807) is 7.05 Å². The first-order valence-corrected chi connectivity index (χ1v) is 8.15. The largest absolute Gasteiger partial charge is 0.368 e. The predicted octanol–water partition coefficient (Wildman–Crippen LogP) is 1.53. The highest BCUT2D eigenvalue weighted by molar-refractivity contribution is 14.0. The summed E-state index contributed by atoms with van der Waals surface area (Å²) in [5, 5.41) is 6.25. The fourth-order valence-corrected chi connectivity index (χ4v) is 2.59. The second-order valence-electron chi connectivity index (χ2n) is 5.93. The molecule has 2 N–H and O–H groups in total. The van der Waals surface area contributed by atoms with Gasteiger partial charge in [-0.25, -0.2) is 0 Å². The lowest BCUT2D eigenvalue weighted by Crippen LogP contribution is -2.52. The van der Waals surface area contributed by atoms with Gasteiger partial charge in [-0.05, 0) is 26.0 Å². The van der Waals surface area contributed by atoms with Crippen LogP contribution in [0.5, 0.6) is 0 Å². The number of aliphatic imine (C=N–C) groups is 1. The highest BCUT2D eigenvalue weighted by Gasteiger charge is 2.21. The van der Waals surface area contributed by atoms with Crippen LogP contribution in [0.3, 0.4) is 0 Å². The van der Waals surface area contributed by atoms with Crippen molar-refractivity contribution in [1.82, 2.24) is 15.5 Å². The van der Waals surface area contributed by atoms with Crippen molar-refractivity contribution < 1.29 is 4.79 Å². The van der Waals surface area contributed by atoms with Crippen molar-refractivity contribution in [3.63, 3.8) is 0 Å². The van der Waals surface area contributed by atoms with Crippen molar-refractivity contribution in [2.24, 2.45) is 4.99 Å². The van der Waals surface area contributed by atoms with Gasteiger partial charge in [0.2, 0.25) is 5.91 Å². The summed E-state index contributed by atoms with van der Waals surface area (Å²) in [7, 11) is 1.71. The molecule has 1 saturated heterocycles. The Morgan fingerprint density at radius 2 is 1.79 bits per heavy atom. The quantitative estimate of drug-likeness (QED) is 0.420. The molecule has 1 fully saturated rings. The van der Waals surface area contributed by atoms with Crippen molar-refractivity contribution >= 4 is 41.5 Å². The Bertz CT molecular complexity index is 527. The van der Waals surface area contributed by atoms with E-state index < -0.39 is 0 Å². The molecule has 0 atom stereocenters. The van der Waals surface area contributed by atoms with Gasteiger partial charge in [0.25, 0.3) is 0 Å². The third-order valence-corrected chi connectivity index (χ3v) is 3.81. The van der Waals surface area contributed by atoms with Crippen LogP contribution in [-0.2, 0) is 4.79 Å². The molecule has 1 aliphatic heterocycles. The summed E-state index contributed by atoms with van der Waals surface area (Å²) in [4.78, 5) is 20.6. The Hall–Kier alpha value is -1.51. The van der Waals surface area contributed by atoms with Gasteiger partial charge in [-0.1, -0.05) is 18.2 Å². The Kier molecular flexibility index (Phi) is 8.88. The normalized spacial score (nSPS) is 15.1. The third-order valence-electron chi connectivity index (χ3n) is 3.81. The lowest BCUT2D eigenvalue weighted by Gasteiger charge is -2.36. The topological polar surface area (TPSA) is 60.0 Å². The molecule has 6 nitrogen and oxygen atoms in total. The lowest BCUT2D eigenvalue weighted by atomic mass is 10.2. The van der Waals surface area contributed by atoms with Gasteiger partial charge in [0.05, 0.1) is 6.54 Å². The van der Waals surface area contributed by atoms with Crippen LogP contribution < -0.4 is 15.5 Å². The van der Waals surface area contributed by atoms with Crippen molar-refractivity contribution in [3.8, 4) is 0 Å². The number of carbonyl (C=O) groups excluding carboxylic acids is 1. The van der Waals surface area contributed by atoms with Crippen molar-refractivity contribution in [1.29, 1.82) is 0 Å². The van der Waals surface area contributed by atoms with E-state index in [0.29, 0.717) is 5.96 Å². The van der Waals surface area contributed by atoms with Crippen LogP contribution in [0.25, 0.3) is 0 Å². The summed E-state index contributed by atoms with van der Waals surface area (Å²) in [6.07, 6.45) is 0. The highest BCUT2D eigenvalue weighted by atomic mass is 127. The van der Waals surface area contributed by atoms with Gasteiger partial charge in [0.15, 0.2) is 5.96 Å². The fraction of sp³-hybridized carbons (Fsp3) is 0.529. The van der Waals surface area contributed by atoms with E-state index >= 15 is 0 Å². The first-order valence-electron chi connectivity index (χ1n) is 8.15. The molecule has 134 valence electrons. The molecule has 0 saturated carbocycles. The van der Waals surface area contributed by atoms with E-state index in [2.05, 4.69) is 32.7 Å². The number of para-hydroxylation sites is 1. The lowest BCUT2D eigenvalue weighted by molar-refractivity contribution is -0.130. The average Bonchev–Trinajstić information content (AvgIpc) is 2.59. The first-order chi connectivity index (χ1) is 11.1. The summed E-state index contributed by atoms with van der Waals surface area (Å²) < 4.78 is 0. The summed E-state index contributed by atoms with van der Waals surface area (Å²) >= 11 is 0. The zero-order valence-corrected chi connectivity index (χ0v) is 17.0.